The number of nitrogens with zero attached hydrogens (tertiary/aromatic N) is 5. The van der Waals surface area contributed by atoms with Crippen LogP contribution in [-0.4, -0.2) is 35.7 Å². The molecule has 1 aliphatic carbocycles. The molecule has 10 nitrogen and oxygen atoms in total. The van der Waals surface area contributed by atoms with Crippen LogP contribution in [0.25, 0.3) is 16.6 Å². The van der Waals surface area contributed by atoms with Gasteiger partial charge >= 0.3 is 5.69 Å². The molecule has 1 fully saturated rings. The van der Waals surface area contributed by atoms with Gasteiger partial charge in [0.2, 0.25) is 11.8 Å². The minimum Gasteiger partial charge on any atom is -0.493 e. The fourth-order valence-electron chi connectivity index (χ4n) is 2.98. The van der Waals surface area contributed by atoms with Crippen molar-refractivity contribution in [1.82, 2.24) is 24.6 Å². The van der Waals surface area contributed by atoms with Crippen LogP contribution in [0.15, 0.2) is 40.2 Å². The molecule has 11 heteroatoms. The molecule has 0 radical (unpaired) electrons. The first-order valence-corrected chi connectivity index (χ1v) is 9.68. The zero-order chi connectivity index (χ0) is 21.5. The summed E-state index contributed by atoms with van der Waals surface area (Å²) in [6.07, 6.45) is 5.11. The zero-order valence-electron chi connectivity index (χ0n) is 15.8. The Bertz CT molecular complexity index is 1540. The lowest BCUT2D eigenvalue weighted by molar-refractivity contribution is 0.454. The highest BCUT2D eigenvalue weighted by molar-refractivity contribution is 6.32. The number of aromatic amines is 2. The number of H-pyrrole nitrogens is 2. The standard InChI is InChI=1S/C20H14ClN7O3/c1-22-12-4-5-15(13(21)7-12)31-17-8-16(24-11-2-3-11)28-18(26-17)10(9-23-28)6-14-19(29)27-20(30)25-14/h4-9,11,29H,2-3H2,(H2,25,27,30)/b10-6-,24-16?. The molecule has 31 heavy (non-hydrogen) atoms. The summed E-state index contributed by atoms with van der Waals surface area (Å²) in [6, 6.07) is 6.61. The number of hydrogen-bond acceptors (Lipinski definition) is 6. The van der Waals surface area contributed by atoms with Crippen LogP contribution in [0.2, 0.25) is 5.02 Å². The van der Waals surface area contributed by atoms with E-state index in [9.17, 15) is 9.90 Å². The summed E-state index contributed by atoms with van der Waals surface area (Å²) in [5.74, 6) is 0.304. The molecule has 1 aliphatic rings. The molecular formula is C20H14ClN7O3. The van der Waals surface area contributed by atoms with E-state index in [1.807, 2.05) is 0 Å². The molecule has 1 saturated carbocycles. The second kappa shape index (κ2) is 7.30. The highest BCUT2D eigenvalue weighted by Crippen LogP contribution is 2.31. The summed E-state index contributed by atoms with van der Waals surface area (Å²) in [5.41, 5.74) is 1.05. The van der Waals surface area contributed by atoms with Crippen LogP contribution >= 0.6 is 11.6 Å². The van der Waals surface area contributed by atoms with Crippen molar-refractivity contribution in [1.29, 1.82) is 0 Å². The Kier molecular flexibility index (Phi) is 4.45. The van der Waals surface area contributed by atoms with Crippen LogP contribution in [0.4, 0.5) is 5.69 Å². The molecule has 3 heterocycles. The maximum Gasteiger partial charge on any atom is 0.326 e. The SMILES string of the molecule is [C-]#[N+]c1ccc(Oc2cc(=NC3CC3)n3nc/c(=C/c4[nH]c(=O)[nH]c4O)c3n2)c(Cl)c1. The van der Waals surface area contributed by atoms with Crippen LogP contribution < -0.4 is 21.1 Å². The number of halogens is 1. The first-order valence-electron chi connectivity index (χ1n) is 9.30. The average molecular weight is 436 g/mol. The summed E-state index contributed by atoms with van der Waals surface area (Å²) in [6.45, 7) is 7.08. The molecule has 0 atom stereocenters. The van der Waals surface area contributed by atoms with Gasteiger partial charge in [0.05, 0.1) is 23.8 Å². The van der Waals surface area contributed by atoms with Crippen molar-refractivity contribution in [3.8, 4) is 17.5 Å². The second-order valence-corrected chi connectivity index (χ2v) is 7.37. The molecule has 5 rings (SSSR count). The van der Waals surface area contributed by atoms with Crippen LogP contribution in [0.5, 0.6) is 17.5 Å². The first kappa shape index (κ1) is 18.9. The largest absolute Gasteiger partial charge is 0.493 e. The maximum atomic E-state index is 11.4. The lowest BCUT2D eigenvalue weighted by atomic mass is 10.3. The lowest BCUT2D eigenvalue weighted by Crippen LogP contribution is -2.19. The molecule has 0 aliphatic heterocycles. The highest BCUT2D eigenvalue weighted by atomic mass is 35.5. The molecular weight excluding hydrogens is 422 g/mol. The minimum absolute atomic E-state index is 0.200. The quantitative estimate of drug-likeness (QED) is 0.423. The third kappa shape index (κ3) is 3.74. The van der Waals surface area contributed by atoms with Gasteiger partial charge in [0, 0.05) is 11.3 Å². The molecule has 154 valence electrons. The van der Waals surface area contributed by atoms with Gasteiger partial charge in [-0.05, 0) is 31.1 Å². The molecule has 4 aromatic rings. The summed E-state index contributed by atoms with van der Waals surface area (Å²) in [7, 11) is 0. The molecule has 0 unspecified atom stereocenters. The van der Waals surface area contributed by atoms with Crippen LogP contribution in [0.1, 0.15) is 18.5 Å². The Labute approximate surface area is 179 Å². The van der Waals surface area contributed by atoms with E-state index in [1.165, 1.54) is 6.07 Å². The van der Waals surface area contributed by atoms with Crippen LogP contribution in [0, 0.1) is 6.57 Å². The van der Waals surface area contributed by atoms with Crippen molar-refractivity contribution in [2.75, 3.05) is 0 Å². The number of ether oxygens (including phenoxy) is 1. The fourth-order valence-corrected chi connectivity index (χ4v) is 3.19. The van der Waals surface area contributed by atoms with E-state index < -0.39 is 5.69 Å². The Hall–Kier alpha value is -4.10. The maximum absolute atomic E-state index is 11.4. The number of aromatic hydroxyl groups is 1. The second-order valence-electron chi connectivity index (χ2n) is 6.96. The molecule has 3 aromatic heterocycles. The van der Waals surface area contributed by atoms with E-state index in [1.54, 1.807) is 35.0 Å². The zero-order valence-corrected chi connectivity index (χ0v) is 16.6. The van der Waals surface area contributed by atoms with Gasteiger partial charge in [0.1, 0.15) is 11.4 Å². The van der Waals surface area contributed by atoms with E-state index in [4.69, 9.17) is 22.9 Å². The van der Waals surface area contributed by atoms with E-state index in [0.717, 1.165) is 12.8 Å². The van der Waals surface area contributed by atoms with Gasteiger partial charge in [-0.2, -0.15) is 14.6 Å². The van der Waals surface area contributed by atoms with Gasteiger partial charge in [-0.1, -0.05) is 17.7 Å². The molecule has 1 aromatic carbocycles. The first-order chi connectivity index (χ1) is 15.0. The molecule has 0 bridgehead atoms. The van der Waals surface area contributed by atoms with Gasteiger partial charge < -0.3 is 14.8 Å². The van der Waals surface area contributed by atoms with E-state index in [-0.39, 0.29) is 28.5 Å². The molecule has 3 N–H and O–H groups in total. The van der Waals surface area contributed by atoms with E-state index in [0.29, 0.717) is 27.8 Å². The summed E-state index contributed by atoms with van der Waals surface area (Å²) >= 11 is 6.24. The van der Waals surface area contributed by atoms with Gasteiger partial charge in [-0.25, -0.2) is 9.64 Å². The van der Waals surface area contributed by atoms with Gasteiger partial charge in [-0.3, -0.25) is 9.98 Å². The van der Waals surface area contributed by atoms with Crippen molar-refractivity contribution >= 4 is 29.0 Å². The van der Waals surface area contributed by atoms with Gasteiger partial charge in [-0.15, -0.1) is 0 Å². The van der Waals surface area contributed by atoms with Crippen molar-refractivity contribution in [2.45, 2.75) is 18.9 Å². The minimum atomic E-state index is -0.529. The topological polar surface area (TPSA) is 125 Å². The smallest absolute Gasteiger partial charge is 0.326 e. The average Bonchev–Trinajstić information content (AvgIpc) is 3.38. The van der Waals surface area contributed by atoms with E-state index >= 15 is 0 Å². The number of hydrogen-bond donors (Lipinski definition) is 3. The number of aromatic nitrogens is 5. The van der Waals surface area contributed by atoms with Crippen molar-refractivity contribution in [3.63, 3.8) is 0 Å². The van der Waals surface area contributed by atoms with Crippen molar-refractivity contribution in [3.05, 3.63) is 73.8 Å². The van der Waals surface area contributed by atoms with Crippen LogP contribution in [-0.2, 0) is 0 Å². The predicted molar refractivity (Wildman–Crippen MR) is 111 cm³/mol. The number of benzene rings is 1. The summed E-state index contributed by atoms with van der Waals surface area (Å²) in [5, 5.41) is 15.0. The highest BCUT2D eigenvalue weighted by Gasteiger charge is 2.20. The monoisotopic (exact) mass is 435 g/mol. The van der Waals surface area contributed by atoms with Gasteiger partial charge in [0.25, 0.3) is 0 Å². The normalized spacial score (nSPS) is 14.8. The Morgan fingerprint density at radius 2 is 2.19 bits per heavy atom. The number of rotatable bonds is 4. The number of imidazole rings is 1. The van der Waals surface area contributed by atoms with Gasteiger partial charge in [0.15, 0.2) is 16.8 Å². The van der Waals surface area contributed by atoms with E-state index in [2.05, 4.69) is 29.9 Å². The third-order valence-corrected chi connectivity index (χ3v) is 4.91. The lowest BCUT2D eigenvalue weighted by Gasteiger charge is -2.07. The third-order valence-electron chi connectivity index (χ3n) is 4.61. The van der Waals surface area contributed by atoms with Crippen molar-refractivity contribution in [2.24, 2.45) is 4.99 Å². The van der Waals surface area contributed by atoms with Crippen molar-refractivity contribution < 1.29 is 9.84 Å². The summed E-state index contributed by atoms with van der Waals surface area (Å²) < 4.78 is 7.46. The number of nitrogens with one attached hydrogen (secondary N) is 2. The molecule has 0 amide bonds. The molecule has 0 saturated heterocycles. The Morgan fingerprint density at radius 3 is 2.87 bits per heavy atom. The fraction of sp³-hybridized carbons (Fsp3) is 0.150. The predicted octanol–water partition coefficient (Wildman–Crippen LogP) is 2.06. The summed E-state index contributed by atoms with van der Waals surface area (Å²) in [4.78, 5) is 28.7. The number of fused-ring (bicyclic) bond motifs is 1. The van der Waals surface area contributed by atoms with Crippen LogP contribution in [0.3, 0.4) is 0 Å². The Balaban J connectivity index is 1.66. The Morgan fingerprint density at radius 1 is 1.35 bits per heavy atom. The molecule has 0 spiro atoms.